The molecular weight excluding hydrogens is 248 g/mol. The van der Waals surface area contributed by atoms with Crippen molar-refractivity contribution in [3.63, 3.8) is 0 Å². The van der Waals surface area contributed by atoms with Gasteiger partial charge in [-0.1, -0.05) is 38.1 Å². The van der Waals surface area contributed by atoms with Crippen LogP contribution < -0.4 is 5.56 Å². The highest BCUT2D eigenvalue weighted by molar-refractivity contribution is 5.98. The Morgan fingerprint density at radius 2 is 1.65 bits per heavy atom. The number of benzene rings is 1. The van der Waals surface area contributed by atoms with Crippen molar-refractivity contribution in [2.45, 2.75) is 33.6 Å². The molecule has 2 rings (SSSR count). The molecule has 3 heteroatoms. The molecule has 0 unspecified atom stereocenters. The molecule has 1 aromatic carbocycles. The number of rotatable bonds is 4. The van der Waals surface area contributed by atoms with Crippen LogP contribution >= 0.6 is 0 Å². The van der Waals surface area contributed by atoms with Crippen molar-refractivity contribution in [3.8, 4) is 0 Å². The molecule has 0 aliphatic heterocycles. The second kappa shape index (κ2) is 6.33. The zero-order valence-electron chi connectivity index (χ0n) is 12.2. The number of hydrogen-bond donors (Lipinski definition) is 1. The molecule has 2 aromatic rings. The first-order valence-electron chi connectivity index (χ1n) is 7.01. The first-order chi connectivity index (χ1) is 9.65. The molecule has 1 N–H and O–H groups in total. The van der Waals surface area contributed by atoms with Crippen LogP contribution in [0.3, 0.4) is 0 Å². The third kappa shape index (κ3) is 3.05. The lowest BCUT2D eigenvalue weighted by Crippen LogP contribution is -2.09. The maximum atomic E-state index is 11.4. The van der Waals surface area contributed by atoms with E-state index in [2.05, 4.69) is 37.0 Å². The number of nitrogens with one attached hydrogen (secondary N) is 1. The third-order valence-electron chi connectivity index (χ3n) is 3.40. The van der Waals surface area contributed by atoms with Crippen molar-refractivity contribution in [3.05, 3.63) is 63.6 Å². The fraction of sp³-hybridized carbons (Fsp3) is 0.294. The van der Waals surface area contributed by atoms with Crippen LogP contribution in [0.1, 0.15) is 37.6 Å². The van der Waals surface area contributed by atoms with Crippen molar-refractivity contribution >= 4 is 11.4 Å². The lowest BCUT2D eigenvalue weighted by Gasteiger charge is -2.10. The molecule has 0 spiro atoms. The number of aromatic nitrogens is 1. The monoisotopic (exact) mass is 268 g/mol. The number of hydrogen-bond acceptors (Lipinski definition) is 2. The number of nitrogens with zero attached hydrogens (tertiary/aromatic N) is 1. The molecule has 104 valence electrons. The molecule has 0 saturated carbocycles. The van der Waals surface area contributed by atoms with Gasteiger partial charge in [0.2, 0.25) is 5.56 Å². The Morgan fingerprint density at radius 1 is 1.05 bits per heavy atom. The zero-order chi connectivity index (χ0) is 14.5. The van der Waals surface area contributed by atoms with Crippen LogP contribution in [0.2, 0.25) is 0 Å². The average Bonchev–Trinajstić information content (AvgIpc) is 2.47. The molecule has 0 saturated heterocycles. The molecule has 20 heavy (non-hydrogen) atoms. The predicted molar refractivity (Wildman–Crippen MR) is 84.1 cm³/mol. The van der Waals surface area contributed by atoms with Crippen molar-refractivity contribution in [2.75, 3.05) is 0 Å². The van der Waals surface area contributed by atoms with Gasteiger partial charge in [-0.05, 0) is 37.0 Å². The van der Waals surface area contributed by atoms with Crippen molar-refractivity contribution in [1.29, 1.82) is 0 Å². The van der Waals surface area contributed by atoms with Gasteiger partial charge in [-0.3, -0.25) is 9.79 Å². The second-order valence-corrected chi connectivity index (χ2v) is 4.76. The Balaban J connectivity index is 2.51. The van der Waals surface area contributed by atoms with Crippen LogP contribution in [0.25, 0.3) is 0 Å². The highest BCUT2D eigenvalue weighted by Crippen LogP contribution is 2.26. The quantitative estimate of drug-likeness (QED) is 0.845. The van der Waals surface area contributed by atoms with Gasteiger partial charge in [0.05, 0.1) is 17.1 Å². The minimum Gasteiger partial charge on any atom is -0.321 e. The van der Waals surface area contributed by atoms with E-state index >= 15 is 0 Å². The molecule has 0 atom stereocenters. The zero-order valence-corrected chi connectivity index (χ0v) is 12.2. The third-order valence-corrected chi connectivity index (χ3v) is 3.40. The number of aliphatic imine (C=N–C) groups is 1. The number of aromatic amines is 1. The van der Waals surface area contributed by atoms with Gasteiger partial charge in [0.1, 0.15) is 0 Å². The number of aryl methyl sites for hydroxylation is 2. The number of para-hydroxylation sites is 1. The normalized spacial score (nSPS) is 11.7. The summed E-state index contributed by atoms with van der Waals surface area (Å²) in [5.74, 6) is 0. The van der Waals surface area contributed by atoms with Gasteiger partial charge in [-0.15, -0.1) is 0 Å². The van der Waals surface area contributed by atoms with Crippen LogP contribution in [0.5, 0.6) is 0 Å². The first-order valence-corrected chi connectivity index (χ1v) is 7.01. The van der Waals surface area contributed by atoms with Crippen molar-refractivity contribution < 1.29 is 0 Å². The number of pyridine rings is 1. The minimum absolute atomic E-state index is 0.100. The largest absolute Gasteiger partial charge is 0.321 e. The lowest BCUT2D eigenvalue weighted by atomic mass is 10.0. The van der Waals surface area contributed by atoms with E-state index in [1.807, 2.05) is 13.0 Å². The molecule has 0 aliphatic carbocycles. The summed E-state index contributed by atoms with van der Waals surface area (Å²) in [6.45, 7) is 6.19. The highest BCUT2D eigenvalue weighted by atomic mass is 16.1. The Hall–Kier alpha value is -2.16. The molecule has 1 heterocycles. The van der Waals surface area contributed by atoms with E-state index in [1.165, 1.54) is 17.2 Å². The van der Waals surface area contributed by atoms with E-state index in [9.17, 15) is 4.79 Å². The van der Waals surface area contributed by atoms with Gasteiger partial charge in [0, 0.05) is 6.07 Å². The van der Waals surface area contributed by atoms with Gasteiger partial charge in [-0.25, -0.2) is 0 Å². The first kappa shape index (κ1) is 14.3. The lowest BCUT2D eigenvalue weighted by molar-refractivity contribution is 1.08. The van der Waals surface area contributed by atoms with Crippen LogP contribution in [-0.4, -0.2) is 10.7 Å². The summed E-state index contributed by atoms with van der Waals surface area (Å²) in [5, 5.41) is 0. The Labute approximate surface area is 119 Å². The maximum Gasteiger partial charge on any atom is 0.248 e. The Kier molecular flexibility index (Phi) is 4.51. The smallest absolute Gasteiger partial charge is 0.248 e. The van der Waals surface area contributed by atoms with E-state index in [0.717, 1.165) is 29.9 Å². The van der Waals surface area contributed by atoms with Gasteiger partial charge in [0.25, 0.3) is 0 Å². The molecule has 0 bridgehead atoms. The van der Waals surface area contributed by atoms with E-state index in [1.54, 1.807) is 6.07 Å². The van der Waals surface area contributed by atoms with Crippen LogP contribution in [0.15, 0.2) is 46.2 Å². The topological polar surface area (TPSA) is 45.2 Å². The second-order valence-electron chi connectivity index (χ2n) is 4.76. The van der Waals surface area contributed by atoms with Gasteiger partial charge in [0.15, 0.2) is 0 Å². The predicted octanol–water partition coefficient (Wildman–Crippen LogP) is 3.64. The van der Waals surface area contributed by atoms with E-state index in [4.69, 9.17) is 4.99 Å². The summed E-state index contributed by atoms with van der Waals surface area (Å²) in [5.41, 5.74) is 5.02. The summed E-state index contributed by atoms with van der Waals surface area (Å²) in [6.07, 6.45) is 1.90. The molecular formula is C17H20N2O. The van der Waals surface area contributed by atoms with E-state index in [0.29, 0.717) is 0 Å². The maximum absolute atomic E-state index is 11.4. The molecule has 0 radical (unpaired) electrons. The van der Waals surface area contributed by atoms with Gasteiger partial charge in [-0.2, -0.15) is 0 Å². The van der Waals surface area contributed by atoms with Crippen LogP contribution in [-0.2, 0) is 12.8 Å². The molecule has 0 aliphatic rings. The minimum atomic E-state index is -0.100. The fourth-order valence-electron chi connectivity index (χ4n) is 2.25. The molecule has 1 aromatic heterocycles. The summed E-state index contributed by atoms with van der Waals surface area (Å²) in [6, 6.07) is 11.4. The Morgan fingerprint density at radius 3 is 2.20 bits per heavy atom. The van der Waals surface area contributed by atoms with Crippen LogP contribution in [0.4, 0.5) is 5.69 Å². The van der Waals surface area contributed by atoms with Crippen LogP contribution in [0, 0.1) is 0 Å². The van der Waals surface area contributed by atoms with Crippen molar-refractivity contribution in [1.82, 2.24) is 4.98 Å². The SMILES string of the molecule is CCc1cccc(CC)c1/N=C(\C)c1cccc(=O)[nH]1. The highest BCUT2D eigenvalue weighted by Gasteiger charge is 2.06. The van der Waals surface area contributed by atoms with Crippen molar-refractivity contribution in [2.24, 2.45) is 4.99 Å². The summed E-state index contributed by atoms with van der Waals surface area (Å²) in [7, 11) is 0. The summed E-state index contributed by atoms with van der Waals surface area (Å²) < 4.78 is 0. The standard InChI is InChI=1S/C17H20N2O/c1-4-13-8-6-9-14(5-2)17(13)18-12(3)15-10-7-11-16(20)19-15/h6-11H,4-5H2,1-3H3,(H,19,20)/b18-12+. The molecule has 0 fully saturated rings. The van der Waals surface area contributed by atoms with E-state index < -0.39 is 0 Å². The van der Waals surface area contributed by atoms with E-state index in [-0.39, 0.29) is 5.56 Å². The molecule has 0 amide bonds. The summed E-state index contributed by atoms with van der Waals surface area (Å²) >= 11 is 0. The fourth-order valence-corrected chi connectivity index (χ4v) is 2.25. The molecule has 3 nitrogen and oxygen atoms in total. The summed E-state index contributed by atoms with van der Waals surface area (Å²) in [4.78, 5) is 19.0. The van der Waals surface area contributed by atoms with Gasteiger partial charge < -0.3 is 4.98 Å². The van der Waals surface area contributed by atoms with Gasteiger partial charge >= 0.3 is 0 Å². The average molecular weight is 268 g/mol. The number of H-pyrrole nitrogens is 1. The Bertz CT molecular complexity index is 661.